The summed E-state index contributed by atoms with van der Waals surface area (Å²) in [5.74, 6) is 1.07. The van der Waals surface area contributed by atoms with Crippen LogP contribution in [0.5, 0.6) is 0 Å². The molecule has 0 aromatic heterocycles. The number of carbonyl (C=O) groups excluding carboxylic acids is 1. The first kappa shape index (κ1) is 6.81. The quantitative estimate of drug-likeness (QED) is 0.550. The predicted octanol–water partition coefficient (Wildman–Crippen LogP) is 1.11. The Bertz CT molecular complexity index is 164. The number of ketones is 1. The van der Waals surface area contributed by atoms with Gasteiger partial charge in [-0.1, -0.05) is 0 Å². The van der Waals surface area contributed by atoms with Crippen LogP contribution in [0.15, 0.2) is 4.99 Å². The zero-order valence-electron chi connectivity index (χ0n) is 5.55. The third-order valence-corrected chi connectivity index (χ3v) is 2.42. The molecule has 1 heterocycles. The number of hydrogen-bond acceptors (Lipinski definition) is 3. The monoisotopic (exact) mass is 143 g/mol. The van der Waals surface area contributed by atoms with Crippen molar-refractivity contribution in [2.75, 3.05) is 5.75 Å². The zero-order valence-corrected chi connectivity index (χ0v) is 6.36. The second-order valence-electron chi connectivity index (χ2n) is 2.15. The first-order valence-electron chi connectivity index (χ1n) is 2.91. The summed E-state index contributed by atoms with van der Waals surface area (Å²) in [5.41, 5.74) is 0. The molecule has 0 bridgehead atoms. The van der Waals surface area contributed by atoms with Gasteiger partial charge in [0.1, 0.15) is 5.04 Å². The van der Waals surface area contributed by atoms with Gasteiger partial charge in [-0.2, -0.15) is 0 Å². The molecule has 1 aliphatic heterocycles. The summed E-state index contributed by atoms with van der Waals surface area (Å²) in [7, 11) is 0. The maximum absolute atomic E-state index is 10.6. The van der Waals surface area contributed by atoms with Crippen molar-refractivity contribution in [3.8, 4) is 0 Å². The highest BCUT2D eigenvalue weighted by molar-refractivity contribution is 8.16. The number of hydrogen-bond donors (Lipinski definition) is 0. The minimum atomic E-state index is 0.101. The van der Waals surface area contributed by atoms with Crippen LogP contribution >= 0.6 is 11.8 Å². The standard InChI is InChI=1S/C6H9NOS/c1-4-3-9-6(7-4)5(2)8/h4H,3H2,1-2H3. The molecule has 1 rings (SSSR count). The highest BCUT2D eigenvalue weighted by Crippen LogP contribution is 2.17. The minimum absolute atomic E-state index is 0.101. The fraction of sp³-hybridized carbons (Fsp3) is 0.667. The van der Waals surface area contributed by atoms with Crippen LogP contribution in [0.1, 0.15) is 13.8 Å². The Morgan fingerprint density at radius 3 is 2.78 bits per heavy atom. The van der Waals surface area contributed by atoms with E-state index in [0.29, 0.717) is 11.1 Å². The van der Waals surface area contributed by atoms with E-state index >= 15 is 0 Å². The largest absolute Gasteiger partial charge is 0.292 e. The Hall–Kier alpha value is -0.310. The van der Waals surface area contributed by atoms with Crippen LogP contribution < -0.4 is 0 Å². The number of nitrogens with zero attached hydrogens (tertiary/aromatic N) is 1. The maximum Gasteiger partial charge on any atom is 0.184 e. The summed E-state index contributed by atoms with van der Waals surface area (Å²) in [4.78, 5) is 14.8. The molecule has 0 radical (unpaired) electrons. The molecule has 0 saturated carbocycles. The third kappa shape index (κ3) is 1.55. The lowest BCUT2D eigenvalue weighted by Gasteiger charge is -1.87. The number of aliphatic imine (C=N–C) groups is 1. The summed E-state index contributed by atoms with van der Waals surface area (Å²) < 4.78 is 0. The summed E-state index contributed by atoms with van der Waals surface area (Å²) in [5, 5.41) is 0.697. The van der Waals surface area contributed by atoms with Crippen LogP contribution in [0.2, 0.25) is 0 Å². The highest BCUT2D eigenvalue weighted by atomic mass is 32.2. The van der Waals surface area contributed by atoms with E-state index < -0.39 is 0 Å². The normalized spacial score (nSPS) is 26.0. The molecule has 0 fully saturated rings. The van der Waals surface area contributed by atoms with Gasteiger partial charge in [-0.05, 0) is 6.92 Å². The van der Waals surface area contributed by atoms with Crippen LogP contribution in [0.4, 0.5) is 0 Å². The Morgan fingerprint density at radius 2 is 2.56 bits per heavy atom. The van der Waals surface area contributed by atoms with Crippen molar-refractivity contribution in [2.45, 2.75) is 19.9 Å². The first-order chi connectivity index (χ1) is 4.20. The second-order valence-corrected chi connectivity index (χ2v) is 3.16. The summed E-state index contributed by atoms with van der Waals surface area (Å²) in [6.07, 6.45) is 0. The molecular formula is C6H9NOS. The van der Waals surface area contributed by atoms with Crippen molar-refractivity contribution in [1.29, 1.82) is 0 Å². The molecule has 3 heteroatoms. The van der Waals surface area contributed by atoms with Gasteiger partial charge >= 0.3 is 0 Å². The SMILES string of the molecule is CC(=O)C1=NC(C)CS1. The third-order valence-electron chi connectivity index (χ3n) is 1.10. The van der Waals surface area contributed by atoms with Gasteiger partial charge in [0, 0.05) is 12.7 Å². The second kappa shape index (κ2) is 2.52. The van der Waals surface area contributed by atoms with Gasteiger partial charge in [0.15, 0.2) is 5.78 Å². The Kier molecular flexibility index (Phi) is 1.90. The number of carbonyl (C=O) groups is 1. The van der Waals surface area contributed by atoms with E-state index in [1.807, 2.05) is 6.92 Å². The van der Waals surface area contributed by atoms with Crippen molar-refractivity contribution >= 4 is 22.6 Å². The van der Waals surface area contributed by atoms with Crippen LogP contribution in [0, 0.1) is 0 Å². The van der Waals surface area contributed by atoms with Gasteiger partial charge < -0.3 is 0 Å². The number of Topliss-reactive ketones (excluding diaryl/α,β-unsaturated/α-hetero) is 1. The van der Waals surface area contributed by atoms with Crippen LogP contribution in [-0.4, -0.2) is 22.6 Å². The Labute approximate surface area is 58.7 Å². The van der Waals surface area contributed by atoms with E-state index in [1.165, 1.54) is 0 Å². The molecule has 1 unspecified atom stereocenters. The van der Waals surface area contributed by atoms with E-state index in [4.69, 9.17) is 0 Å². The smallest absolute Gasteiger partial charge is 0.184 e. The lowest BCUT2D eigenvalue weighted by atomic mass is 10.4. The highest BCUT2D eigenvalue weighted by Gasteiger charge is 2.16. The number of thioether (sulfide) groups is 1. The van der Waals surface area contributed by atoms with Crippen LogP contribution in [-0.2, 0) is 4.79 Å². The van der Waals surface area contributed by atoms with E-state index in [9.17, 15) is 4.79 Å². The van der Waals surface area contributed by atoms with Crippen molar-refractivity contribution < 1.29 is 4.79 Å². The van der Waals surface area contributed by atoms with Crippen LogP contribution in [0.3, 0.4) is 0 Å². The van der Waals surface area contributed by atoms with Crippen LogP contribution in [0.25, 0.3) is 0 Å². The van der Waals surface area contributed by atoms with Crippen molar-refractivity contribution in [1.82, 2.24) is 0 Å². The Balaban J connectivity index is 2.62. The van der Waals surface area contributed by atoms with Crippen molar-refractivity contribution in [2.24, 2.45) is 4.99 Å². The minimum Gasteiger partial charge on any atom is -0.292 e. The Morgan fingerprint density at radius 1 is 1.89 bits per heavy atom. The average Bonchev–Trinajstić information content (AvgIpc) is 2.14. The molecule has 0 aliphatic carbocycles. The molecule has 1 atom stereocenters. The van der Waals surface area contributed by atoms with Crippen molar-refractivity contribution in [3.05, 3.63) is 0 Å². The van der Waals surface area contributed by atoms with Gasteiger partial charge in [0.25, 0.3) is 0 Å². The van der Waals surface area contributed by atoms with Gasteiger partial charge in [-0.3, -0.25) is 9.79 Å². The fourth-order valence-electron chi connectivity index (χ4n) is 0.667. The molecule has 2 nitrogen and oxygen atoms in total. The predicted molar refractivity (Wildman–Crippen MR) is 40.0 cm³/mol. The molecule has 1 aliphatic rings. The molecule has 0 amide bonds. The van der Waals surface area contributed by atoms with E-state index in [1.54, 1.807) is 18.7 Å². The lowest BCUT2D eigenvalue weighted by molar-refractivity contribution is -0.110. The first-order valence-corrected chi connectivity index (χ1v) is 3.90. The lowest BCUT2D eigenvalue weighted by Crippen LogP contribution is -2.01. The van der Waals surface area contributed by atoms with Gasteiger partial charge in [0.2, 0.25) is 0 Å². The molecule has 0 spiro atoms. The molecule has 50 valence electrons. The maximum atomic E-state index is 10.6. The topological polar surface area (TPSA) is 29.4 Å². The fourth-order valence-corrected chi connectivity index (χ4v) is 1.60. The summed E-state index contributed by atoms with van der Waals surface area (Å²) >= 11 is 1.56. The van der Waals surface area contributed by atoms with Crippen molar-refractivity contribution in [3.63, 3.8) is 0 Å². The molecular weight excluding hydrogens is 134 g/mol. The molecule has 0 saturated heterocycles. The van der Waals surface area contributed by atoms with Gasteiger partial charge in [0.05, 0.1) is 6.04 Å². The summed E-state index contributed by atoms with van der Waals surface area (Å²) in [6.45, 7) is 3.58. The van der Waals surface area contributed by atoms with E-state index in [0.717, 1.165) is 5.75 Å². The number of rotatable bonds is 1. The molecule has 9 heavy (non-hydrogen) atoms. The van der Waals surface area contributed by atoms with E-state index in [-0.39, 0.29) is 5.78 Å². The molecule has 0 aromatic rings. The average molecular weight is 143 g/mol. The molecule has 0 N–H and O–H groups in total. The van der Waals surface area contributed by atoms with Gasteiger partial charge in [-0.25, -0.2) is 0 Å². The zero-order chi connectivity index (χ0) is 6.85. The van der Waals surface area contributed by atoms with E-state index in [2.05, 4.69) is 4.99 Å². The van der Waals surface area contributed by atoms with Gasteiger partial charge in [-0.15, -0.1) is 11.8 Å². The molecule has 0 aromatic carbocycles. The summed E-state index contributed by atoms with van der Waals surface area (Å²) in [6, 6.07) is 0.342.